The molecule has 1 aromatic carbocycles. The molecule has 0 spiro atoms. The first-order chi connectivity index (χ1) is 6.85. The fraction of sp³-hybridized carbons (Fsp3) is 0.429. The second kappa shape index (κ2) is 4.00. The summed E-state index contributed by atoms with van der Waals surface area (Å²) in [5, 5.41) is 0. The first-order valence-electron chi connectivity index (χ1n) is 5.60. The van der Waals surface area contributed by atoms with Crippen LogP contribution in [0.1, 0.15) is 48.8 Å². The van der Waals surface area contributed by atoms with Crippen LogP contribution in [0.15, 0.2) is 24.8 Å². The molecule has 2 rings (SSSR count). The van der Waals surface area contributed by atoms with Gasteiger partial charge in [-0.15, -0.1) is 0 Å². The van der Waals surface area contributed by atoms with Crippen molar-refractivity contribution in [2.45, 2.75) is 38.5 Å². The number of rotatable bonds is 4. The Bertz CT molecular complexity index is 332. The van der Waals surface area contributed by atoms with Gasteiger partial charge in [-0.25, -0.2) is 0 Å². The standard InChI is InChI=1S/C14H18/c1-3-5-12-7-6-11(4-2)10-14(12)13-8-9-13/h4,6-7,10,13H,2-3,5,8-9H2,1H3. The predicted molar refractivity (Wildman–Crippen MR) is 62.5 cm³/mol. The molecule has 0 bridgehead atoms. The Labute approximate surface area is 86.7 Å². The van der Waals surface area contributed by atoms with Crippen LogP contribution >= 0.6 is 0 Å². The summed E-state index contributed by atoms with van der Waals surface area (Å²) in [5.41, 5.74) is 4.41. The molecule has 14 heavy (non-hydrogen) atoms. The Morgan fingerprint density at radius 3 is 2.79 bits per heavy atom. The van der Waals surface area contributed by atoms with Crippen LogP contribution in [0.25, 0.3) is 6.08 Å². The van der Waals surface area contributed by atoms with Crippen LogP contribution in [0.5, 0.6) is 0 Å². The molecule has 1 saturated carbocycles. The normalized spacial score (nSPS) is 15.5. The van der Waals surface area contributed by atoms with Crippen molar-refractivity contribution < 1.29 is 0 Å². The van der Waals surface area contributed by atoms with E-state index in [-0.39, 0.29) is 0 Å². The van der Waals surface area contributed by atoms with E-state index < -0.39 is 0 Å². The van der Waals surface area contributed by atoms with Gasteiger partial charge in [0.1, 0.15) is 0 Å². The molecule has 0 saturated heterocycles. The first-order valence-corrected chi connectivity index (χ1v) is 5.60. The van der Waals surface area contributed by atoms with Crippen LogP contribution in [0.2, 0.25) is 0 Å². The third-order valence-corrected chi connectivity index (χ3v) is 2.94. The van der Waals surface area contributed by atoms with Gasteiger partial charge in [0, 0.05) is 0 Å². The van der Waals surface area contributed by atoms with Crippen LogP contribution in [-0.4, -0.2) is 0 Å². The number of aryl methyl sites for hydroxylation is 1. The van der Waals surface area contributed by atoms with Gasteiger partial charge in [-0.2, -0.15) is 0 Å². The molecule has 0 unspecified atom stereocenters. The molecule has 0 amide bonds. The second-order valence-corrected chi connectivity index (χ2v) is 4.19. The lowest BCUT2D eigenvalue weighted by molar-refractivity contribution is 0.896. The number of hydrogen-bond donors (Lipinski definition) is 0. The van der Waals surface area contributed by atoms with Crippen molar-refractivity contribution in [3.63, 3.8) is 0 Å². The lowest BCUT2D eigenvalue weighted by Gasteiger charge is -2.08. The molecule has 0 N–H and O–H groups in total. The fourth-order valence-electron chi connectivity index (χ4n) is 2.01. The van der Waals surface area contributed by atoms with E-state index in [9.17, 15) is 0 Å². The maximum absolute atomic E-state index is 3.83. The van der Waals surface area contributed by atoms with Crippen molar-refractivity contribution in [2.24, 2.45) is 0 Å². The lowest BCUT2D eigenvalue weighted by Crippen LogP contribution is -1.92. The van der Waals surface area contributed by atoms with E-state index in [1.54, 1.807) is 11.1 Å². The Balaban J connectivity index is 2.33. The first kappa shape index (κ1) is 9.51. The Morgan fingerprint density at radius 2 is 2.21 bits per heavy atom. The molecule has 74 valence electrons. The summed E-state index contributed by atoms with van der Waals surface area (Å²) >= 11 is 0. The van der Waals surface area contributed by atoms with Gasteiger partial charge in [0.05, 0.1) is 0 Å². The van der Waals surface area contributed by atoms with Crippen molar-refractivity contribution >= 4 is 6.08 Å². The van der Waals surface area contributed by atoms with Gasteiger partial charge >= 0.3 is 0 Å². The number of benzene rings is 1. The highest BCUT2D eigenvalue weighted by Crippen LogP contribution is 2.42. The molecule has 0 nitrogen and oxygen atoms in total. The van der Waals surface area contributed by atoms with E-state index in [1.807, 2.05) is 6.08 Å². The third-order valence-electron chi connectivity index (χ3n) is 2.94. The molecule has 1 aromatic rings. The minimum atomic E-state index is 0.858. The summed E-state index contributed by atoms with van der Waals surface area (Å²) in [5.74, 6) is 0.858. The van der Waals surface area contributed by atoms with E-state index in [0.29, 0.717) is 0 Å². The van der Waals surface area contributed by atoms with Gasteiger partial charge in [0.2, 0.25) is 0 Å². The predicted octanol–water partition coefficient (Wildman–Crippen LogP) is 4.16. The molecule has 0 aromatic heterocycles. The fourth-order valence-corrected chi connectivity index (χ4v) is 2.01. The Morgan fingerprint density at radius 1 is 1.43 bits per heavy atom. The molecule has 0 heterocycles. The van der Waals surface area contributed by atoms with Gasteiger partial charge in [-0.1, -0.05) is 44.2 Å². The minimum absolute atomic E-state index is 0.858. The zero-order valence-corrected chi connectivity index (χ0v) is 8.92. The van der Waals surface area contributed by atoms with Crippen LogP contribution < -0.4 is 0 Å². The largest absolute Gasteiger partial charge is 0.0985 e. The summed E-state index contributed by atoms with van der Waals surface area (Å²) in [7, 11) is 0. The lowest BCUT2D eigenvalue weighted by atomic mass is 9.97. The van der Waals surface area contributed by atoms with Crippen molar-refractivity contribution in [2.75, 3.05) is 0 Å². The van der Waals surface area contributed by atoms with Gasteiger partial charge in [0.15, 0.2) is 0 Å². The highest BCUT2D eigenvalue weighted by molar-refractivity contribution is 5.51. The van der Waals surface area contributed by atoms with Crippen LogP contribution in [0.4, 0.5) is 0 Å². The summed E-state index contributed by atoms with van der Waals surface area (Å²) in [4.78, 5) is 0. The Hall–Kier alpha value is -1.04. The highest BCUT2D eigenvalue weighted by Gasteiger charge is 2.25. The van der Waals surface area contributed by atoms with Gasteiger partial charge in [0.25, 0.3) is 0 Å². The maximum Gasteiger partial charge on any atom is -0.0159 e. The summed E-state index contributed by atoms with van der Waals surface area (Å²) in [6, 6.07) is 6.80. The average molecular weight is 186 g/mol. The van der Waals surface area contributed by atoms with E-state index in [4.69, 9.17) is 0 Å². The van der Waals surface area contributed by atoms with Gasteiger partial charge in [-0.3, -0.25) is 0 Å². The quantitative estimate of drug-likeness (QED) is 0.662. The molecule has 0 aliphatic heterocycles. The summed E-state index contributed by atoms with van der Waals surface area (Å²) in [6.45, 7) is 6.08. The molecule has 0 atom stereocenters. The molecule has 1 fully saturated rings. The summed E-state index contributed by atoms with van der Waals surface area (Å²) in [6.07, 6.45) is 7.19. The van der Waals surface area contributed by atoms with Crippen molar-refractivity contribution in [3.8, 4) is 0 Å². The van der Waals surface area contributed by atoms with Gasteiger partial charge in [-0.05, 0) is 41.9 Å². The maximum atomic E-state index is 3.83. The topological polar surface area (TPSA) is 0 Å². The minimum Gasteiger partial charge on any atom is -0.0985 e. The zero-order valence-electron chi connectivity index (χ0n) is 8.92. The van der Waals surface area contributed by atoms with Gasteiger partial charge < -0.3 is 0 Å². The second-order valence-electron chi connectivity index (χ2n) is 4.19. The van der Waals surface area contributed by atoms with E-state index >= 15 is 0 Å². The van der Waals surface area contributed by atoms with Crippen LogP contribution in [0.3, 0.4) is 0 Å². The molecule has 0 radical (unpaired) electrons. The Kier molecular flexibility index (Phi) is 2.72. The van der Waals surface area contributed by atoms with E-state index in [1.165, 1.54) is 31.2 Å². The molecule has 0 heteroatoms. The molecular formula is C14H18. The van der Waals surface area contributed by atoms with Crippen LogP contribution in [0, 0.1) is 0 Å². The van der Waals surface area contributed by atoms with E-state index in [2.05, 4.69) is 31.7 Å². The van der Waals surface area contributed by atoms with E-state index in [0.717, 1.165) is 5.92 Å². The molecular weight excluding hydrogens is 168 g/mol. The van der Waals surface area contributed by atoms with Crippen molar-refractivity contribution in [1.82, 2.24) is 0 Å². The highest BCUT2D eigenvalue weighted by atomic mass is 14.3. The van der Waals surface area contributed by atoms with Crippen LogP contribution in [-0.2, 0) is 6.42 Å². The third kappa shape index (κ3) is 1.89. The van der Waals surface area contributed by atoms with Crippen molar-refractivity contribution in [3.05, 3.63) is 41.5 Å². The molecule has 1 aliphatic carbocycles. The SMILES string of the molecule is C=Cc1ccc(CCC)c(C2CC2)c1. The van der Waals surface area contributed by atoms with Crippen molar-refractivity contribution in [1.29, 1.82) is 0 Å². The summed E-state index contributed by atoms with van der Waals surface area (Å²) < 4.78 is 0. The monoisotopic (exact) mass is 186 g/mol. The smallest absolute Gasteiger partial charge is 0.0159 e. The molecule has 1 aliphatic rings. The number of hydrogen-bond acceptors (Lipinski definition) is 0. The zero-order chi connectivity index (χ0) is 9.97. The average Bonchev–Trinajstić information content (AvgIpc) is 3.02.